The van der Waals surface area contributed by atoms with Crippen LogP contribution in [0.1, 0.15) is 36.1 Å². The fourth-order valence-corrected chi connectivity index (χ4v) is 6.71. The predicted octanol–water partition coefficient (Wildman–Crippen LogP) is 6.97. The summed E-state index contributed by atoms with van der Waals surface area (Å²) in [5.74, 6) is -0.900. The van der Waals surface area contributed by atoms with Crippen LogP contribution in [0.5, 0.6) is 0 Å². The third kappa shape index (κ3) is 8.66. The highest BCUT2D eigenvalue weighted by Crippen LogP contribution is 2.31. The van der Waals surface area contributed by atoms with E-state index in [4.69, 9.17) is 23.2 Å². The van der Waals surface area contributed by atoms with E-state index in [0.29, 0.717) is 15.6 Å². The average molecular weight is 667 g/mol. The van der Waals surface area contributed by atoms with E-state index in [1.807, 2.05) is 51.1 Å². The van der Waals surface area contributed by atoms with Gasteiger partial charge in [-0.25, -0.2) is 8.42 Å². The molecule has 1 atom stereocenters. The van der Waals surface area contributed by atoms with Crippen LogP contribution in [0.25, 0.3) is 0 Å². The van der Waals surface area contributed by atoms with Crippen LogP contribution in [-0.4, -0.2) is 43.8 Å². The minimum absolute atomic E-state index is 0.0305. The molecule has 7 nitrogen and oxygen atoms in total. The summed E-state index contributed by atoms with van der Waals surface area (Å²) in [6, 6.07) is 26.6. The number of anilines is 1. The maximum atomic E-state index is 14.5. The van der Waals surface area contributed by atoms with Gasteiger partial charge in [0, 0.05) is 29.1 Å². The molecule has 10 heteroatoms. The highest BCUT2D eigenvalue weighted by Gasteiger charge is 2.35. The highest BCUT2D eigenvalue weighted by atomic mass is 35.5. The number of sulfonamides is 1. The second-order valence-electron chi connectivity index (χ2n) is 11.2. The molecule has 0 saturated carbocycles. The lowest BCUT2D eigenvalue weighted by Gasteiger charge is -2.34. The molecule has 0 aromatic heterocycles. The number of benzene rings is 4. The first-order chi connectivity index (χ1) is 21.4. The molecule has 0 aliphatic heterocycles. The second kappa shape index (κ2) is 15.0. The zero-order valence-electron chi connectivity index (χ0n) is 25.7. The minimum Gasteiger partial charge on any atom is -0.352 e. The summed E-state index contributed by atoms with van der Waals surface area (Å²) < 4.78 is 29.5. The normalized spacial score (nSPS) is 12.1. The van der Waals surface area contributed by atoms with Gasteiger partial charge in [0.05, 0.1) is 10.6 Å². The smallest absolute Gasteiger partial charge is 0.264 e. The Morgan fingerprint density at radius 3 is 2.07 bits per heavy atom. The zero-order valence-corrected chi connectivity index (χ0v) is 28.0. The Labute approximate surface area is 275 Å². The van der Waals surface area contributed by atoms with Gasteiger partial charge in [-0.3, -0.25) is 13.9 Å². The van der Waals surface area contributed by atoms with Crippen molar-refractivity contribution in [3.63, 3.8) is 0 Å². The van der Waals surface area contributed by atoms with Gasteiger partial charge in [0.2, 0.25) is 11.8 Å². The van der Waals surface area contributed by atoms with E-state index in [0.717, 1.165) is 21.0 Å². The molecule has 236 valence electrons. The number of nitrogens with zero attached hydrogens (tertiary/aromatic N) is 2. The Bertz CT molecular complexity index is 1730. The van der Waals surface area contributed by atoms with Crippen LogP contribution in [-0.2, 0) is 32.6 Å². The minimum atomic E-state index is -4.23. The van der Waals surface area contributed by atoms with Crippen LogP contribution in [0.15, 0.2) is 102 Å². The molecule has 0 radical (unpaired) electrons. The van der Waals surface area contributed by atoms with Gasteiger partial charge in [-0.15, -0.1) is 0 Å². The van der Waals surface area contributed by atoms with Crippen molar-refractivity contribution in [2.45, 2.75) is 57.6 Å². The molecule has 0 spiro atoms. The molecule has 4 rings (SSSR count). The molecule has 2 amide bonds. The molecule has 0 aliphatic rings. The second-order valence-corrected chi connectivity index (χ2v) is 13.9. The van der Waals surface area contributed by atoms with E-state index in [9.17, 15) is 18.0 Å². The van der Waals surface area contributed by atoms with E-state index in [1.54, 1.807) is 61.5 Å². The van der Waals surface area contributed by atoms with E-state index in [1.165, 1.54) is 17.0 Å². The molecule has 4 aromatic rings. The van der Waals surface area contributed by atoms with Gasteiger partial charge in [-0.2, -0.15) is 0 Å². The van der Waals surface area contributed by atoms with Gasteiger partial charge in [-0.05, 0) is 80.8 Å². The number of halogens is 2. The van der Waals surface area contributed by atoms with Gasteiger partial charge >= 0.3 is 0 Å². The largest absolute Gasteiger partial charge is 0.352 e. The van der Waals surface area contributed by atoms with Crippen molar-refractivity contribution in [1.82, 2.24) is 10.2 Å². The summed E-state index contributed by atoms with van der Waals surface area (Å²) >= 11 is 12.6. The van der Waals surface area contributed by atoms with Crippen molar-refractivity contribution in [2.75, 3.05) is 10.8 Å². The topological polar surface area (TPSA) is 86.8 Å². The molecule has 45 heavy (non-hydrogen) atoms. The third-order valence-corrected chi connectivity index (χ3v) is 9.80. The SMILES string of the molecule is Cc1ccc(S(=O)(=O)N(CC(=O)N(Cc2ccc(Cl)cc2)[C@H](Cc2ccccc2)C(=O)NC(C)C)c2cccc(Cl)c2C)cc1. The Balaban J connectivity index is 1.83. The number of carbonyl (C=O) groups is 2. The molecular formula is C35H37Cl2N3O4S. The number of carbonyl (C=O) groups excluding carboxylic acids is 2. The van der Waals surface area contributed by atoms with Crippen LogP contribution in [0, 0.1) is 13.8 Å². The Morgan fingerprint density at radius 2 is 1.44 bits per heavy atom. The average Bonchev–Trinajstić information content (AvgIpc) is 3.00. The summed E-state index contributed by atoms with van der Waals surface area (Å²) in [6.07, 6.45) is 0.222. The fourth-order valence-electron chi connectivity index (χ4n) is 4.94. The molecule has 0 fully saturated rings. The molecule has 0 aliphatic carbocycles. The summed E-state index contributed by atoms with van der Waals surface area (Å²) in [4.78, 5) is 29.8. The molecule has 0 saturated heterocycles. The number of nitrogens with one attached hydrogen (secondary N) is 1. The van der Waals surface area contributed by atoms with Gasteiger partial charge in [0.25, 0.3) is 10.0 Å². The molecule has 0 heterocycles. The van der Waals surface area contributed by atoms with Crippen LogP contribution in [0.4, 0.5) is 5.69 Å². The molecule has 0 bridgehead atoms. The van der Waals surface area contributed by atoms with Crippen molar-refractivity contribution in [2.24, 2.45) is 0 Å². The van der Waals surface area contributed by atoms with Crippen LogP contribution >= 0.6 is 23.2 Å². The van der Waals surface area contributed by atoms with Crippen LogP contribution in [0.3, 0.4) is 0 Å². The first-order valence-corrected chi connectivity index (χ1v) is 16.8. The van der Waals surface area contributed by atoms with Crippen LogP contribution < -0.4 is 9.62 Å². The van der Waals surface area contributed by atoms with E-state index < -0.39 is 28.5 Å². The van der Waals surface area contributed by atoms with Gasteiger partial charge in [-0.1, -0.05) is 89.4 Å². The Kier molecular flexibility index (Phi) is 11.3. The Morgan fingerprint density at radius 1 is 0.800 bits per heavy atom. The quantitative estimate of drug-likeness (QED) is 0.177. The standard InChI is InChI=1S/C35H37Cl2N3O4S/c1-24(2)38-35(42)33(21-27-9-6-5-7-10-27)39(22-28-15-17-29(36)18-16-28)34(41)23-40(32-12-8-11-31(37)26(32)4)45(43,44)30-19-13-25(3)14-20-30/h5-20,24,33H,21-23H2,1-4H3,(H,38,42)/t33-/m1/s1. The van der Waals surface area contributed by atoms with Gasteiger partial charge < -0.3 is 10.2 Å². The van der Waals surface area contributed by atoms with E-state index in [2.05, 4.69) is 5.32 Å². The monoisotopic (exact) mass is 665 g/mol. The Hall–Kier alpha value is -3.85. The van der Waals surface area contributed by atoms with Gasteiger partial charge in [0.15, 0.2) is 0 Å². The maximum absolute atomic E-state index is 14.5. The zero-order chi connectivity index (χ0) is 32.7. The molecular weight excluding hydrogens is 629 g/mol. The van der Waals surface area contributed by atoms with Gasteiger partial charge in [0.1, 0.15) is 12.6 Å². The van der Waals surface area contributed by atoms with Crippen molar-refractivity contribution in [3.05, 3.63) is 129 Å². The molecule has 0 unspecified atom stereocenters. The van der Waals surface area contributed by atoms with Crippen LogP contribution in [0.2, 0.25) is 10.0 Å². The maximum Gasteiger partial charge on any atom is 0.264 e. The summed E-state index contributed by atoms with van der Waals surface area (Å²) in [5.41, 5.74) is 3.25. The molecule has 4 aromatic carbocycles. The fraction of sp³-hybridized carbons (Fsp3) is 0.257. The summed E-state index contributed by atoms with van der Waals surface area (Å²) in [6.45, 7) is 6.75. The lowest BCUT2D eigenvalue weighted by Crippen LogP contribution is -2.54. The third-order valence-electron chi connectivity index (χ3n) is 7.36. The van der Waals surface area contributed by atoms with Crippen molar-refractivity contribution in [3.8, 4) is 0 Å². The van der Waals surface area contributed by atoms with Crippen molar-refractivity contribution in [1.29, 1.82) is 0 Å². The number of hydrogen-bond donors (Lipinski definition) is 1. The van der Waals surface area contributed by atoms with E-state index in [-0.39, 0.29) is 35.5 Å². The highest BCUT2D eigenvalue weighted by molar-refractivity contribution is 7.92. The van der Waals surface area contributed by atoms with Crippen molar-refractivity contribution < 1.29 is 18.0 Å². The molecule has 1 N–H and O–H groups in total. The predicted molar refractivity (Wildman–Crippen MR) is 181 cm³/mol. The number of aryl methyl sites for hydroxylation is 1. The first kappa shape index (κ1) is 34.0. The van der Waals surface area contributed by atoms with E-state index >= 15 is 0 Å². The number of amides is 2. The lowest BCUT2D eigenvalue weighted by atomic mass is 10.0. The van der Waals surface area contributed by atoms with Crippen molar-refractivity contribution >= 4 is 50.7 Å². The lowest BCUT2D eigenvalue weighted by molar-refractivity contribution is -0.140. The summed E-state index contributed by atoms with van der Waals surface area (Å²) in [5, 5.41) is 3.84. The first-order valence-electron chi connectivity index (χ1n) is 14.6. The summed E-state index contributed by atoms with van der Waals surface area (Å²) in [7, 11) is -4.23. The number of rotatable bonds is 12. The number of hydrogen-bond acceptors (Lipinski definition) is 4.